The lowest BCUT2D eigenvalue weighted by Gasteiger charge is -2.12. The number of carbonyl (C=O) groups excluding carboxylic acids is 1. The van der Waals surface area contributed by atoms with Gasteiger partial charge in [0, 0.05) is 5.88 Å². The van der Waals surface area contributed by atoms with E-state index in [1.807, 2.05) is 6.92 Å². The normalized spacial score (nSPS) is 9.76. The Balaban J connectivity index is 3.25. The molecular weight excluding hydrogens is 238 g/mol. The van der Waals surface area contributed by atoms with Gasteiger partial charge < -0.3 is 4.74 Å². The van der Waals surface area contributed by atoms with Gasteiger partial charge in [-0.05, 0) is 35.2 Å². The topological polar surface area (TPSA) is 50.1 Å². The van der Waals surface area contributed by atoms with Crippen LogP contribution in [0, 0.1) is 11.3 Å². The average molecular weight is 252 g/mol. The van der Waals surface area contributed by atoms with E-state index < -0.39 is 0 Å². The van der Waals surface area contributed by atoms with E-state index in [9.17, 15) is 4.79 Å². The number of methoxy groups -OCH3 is 1. The van der Waals surface area contributed by atoms with E-state index in [2.05, 4.69) is 10.8 Å². The minimum atomic E-state index is -0.296. The second kappa shape index (κ2) is 6.27. The van der Waals surface area contributed by atoms with Gasteiger partial charge in [0.15, 0.2) is 0 Å². The fraction of sp³-hybridized carbons (Fsp3) is 0.385. The fourth-order valence-electron chi connectivity index (χ4n) is 1.74. The summed E-state index contributed by atoms with van der Waals surface area (Å²) < 4.78 is 4.66. The third kappa shape index (κ3) is 3.21. The van der Waals surface area contributed by atoms with Gasteiger partial charge in [0.05, 0.1) is 25.2 Å². The first-order chi connectivity index (χ1) is 8.15. The third-order valence-electron chi connectivity index (χ3n) is 2.64. The number of benzene rings is 1. The molecule has 1 aromatic rings. The van der Waals surface area contributed by atoms with Crippen LogP contribution >= 0.6 is 11.6 Å². The number of halogens is 1. The van der Waals surface area contributed by atoms with E-state index in [1.165, 1.54) is 7.11 Å². The summed E-state index contributed by atoms with van der Waals surface area (Å²) in [4.78, 5) is 11.3. The molecule has 4 heteroatoms. The second-order valence-electron chi connectivity index (χ2n) is 3.62. The van der Waals surface area contributed by atoms with Gasteiger partial charge >= 0.3 is 5.97 Å². The molecule has 0 amide bonds. The molecule has 0 spiro atoms. The van der Waals surface area contributed by atoms with Crippen molar-refractivity contribution in [1.29, 1.82) is 5.26 Å². The predicted octanol–water partition coefficient (Wildman–Crippen LogP) is 2.57. The average Bonchev–Trinajstić information content (AvgIpc) is 2.38. The first-order valence-electron chi connectivity index (χ1n) is 5.33. The predicted molar refractivity (Wildman–Crippen MR) is 65.8 cm³/mol. The Morgan fingerprint density at radius 3 is 2.59 bits per heavy atom. The van der Waals surface area contributed by atoms with Gasteiger partial charge in [-0.3, -0.25) is 4.79 Å². The SMILES string of the molecule is CCc1cc(C#N)cc(CCl)c1CC(=O)OC. The summed E-state index contributed by atoms with van der Waals surface area (Å²) in [5.74, 6) is -0.00902. The molecule has 0 aliphatic rings. The molecule has 0 fully saturated rings. The van der Waals surface area contributed by atoms with Gasteiger partial charge in [-0.1, -0.05) is 6.92 Å². The van der Waals surface area contributed by atoms with Crippen molar-refractivity contribution in [3.05, 3.63) is 34.4 Å². The Morgan fingerprint density at radius 1 is 1.47 bits per heavy atom. The fourth-order valence-corrected chi connectivity index (χ4v) is 1.98. The summed E-state index contributed by atoms with van der Waals surface area (Å²) in [5.41, 5.74) is 3.26. The molecule has 0 aliphatic heterocycles. The third-order valence-corrected chi connectivity index (χ3v) is 2.93. The number of ether oxygens (including phenoxy) is 1. The molecule has 0 bridgehead atoms. The summed E-state index contributed by atoms with van der Waals surface area (Å²) >= 11 is 5.86. The zero-order valence-electron chi connectivity index (χ0n) is 9.92. The first-order valence-corrected chi connectivity index (χ1v) is 5.87. The Hall–Kier alpha value is -1.53. The minimum absolute atomic E-state index is 0.202. The Kier molecular flexibility index (Phi) is 4.99. The van der Waals surface area contributed by atoms with Crippen LogP contribution in [0.15, 0.2) is 12.1 Å². The molecule has 0 atom stereocenters. The van der Waals surface area contributed by atoms with Crippen molar-refractivity contribution in [2.75, 3.05) is 7.11 Å². The quantitative estimate of drug-likeness (QED) is 0.610. The van der Waals surface area contributed by atoms with Crippen molar-refractivity contribution in [3.8, 4) is 6.07 Å². The molecule has 1 rings (SSSR count). The monoisotopic (exact) mass is 251 g/mol. The number of nitrogens with zero attached hydrogens (tertiary/aromatic N) is 1. The molecule has 17 heavy (non-hydrogen) atoms. The molecule has 0 aliphatic carbocycles. The highest BCUT2D eigenvalue weighted by Gasteiger charge is 2.13. The molecule has 90 valence electrons. The van der Waals surface area contributed by atoms with E-state index in [-0.39, 0.29) is 18.3 Å². The van der Waals surface area contributed by atoms with Crippen LogP contribution in [0.5, 0.6) is 0 Å². The molecule has 0 saturated carbocycles. The Bertz CT molecular complexity index is 438. The highest BCUT2D eigenvalue weighted by atomic mass is 35.5. The lowest BCUT2D eigenvalue weighted by Crippen LogP contribution is -2.09. The molecule has 0 aromatic heterocycles. The zero-order chi connectivity index (χ0) is 12.8. The maximum absolute atomic E-state index is 11.3. The van der Waals surface area contributed by atoms with Crippen molar-refractivity contribution < 1.29 is 9.53 Å². The summed E-state index contributed by atoms with van der Waals surface area (Å²) in [6, 6.07) is 5.62. The number of esters is 1. The maximum Gasteiger partial charge on any atom is 0.309 e. The van der Waals surface area contributed by atoms with Gasteiger partial charge in [0.25, 0.3) is 0 Å². The zero-order valence-corrected chi connectivity index (χ0v) is 10.7. The highest BCUT2D eigenvalue weighted by Crippen LogP contribution is 2.21. The van der Waals surface area contributed by atoms with Gasteiger partial charge in [0.1, 0.15) is 0 Å². The molecule has 0 radical (unpaired) electrons. The van der Waals surface area contributed by atoms with E-state index in [0.29, 0.717) is 5.56 Å². The number of rotatable bonds is 4. The molecule has 0 unspecified atom stereocenters. The lowest BCUT2D eigenvalue weighted by molar-refractivity contribution is -0.139. The van der Waals surface area contributed by atoms with Crippen LogP contribution in [0.2, 0.25) is 0 Å². The molecule has 0 N–H and O–H groups in total. The Morgan fingerprint density at radius 2 is 2.12 bits per heavy atom. The van der Waals surface area contributed by atoms with E-state index >= 15 is 0 Å². The summed E-state index contributed by atoms with van der Waals surface area (Å²) in [7, 11) is 1.36. The first kappa shape index (κ1) is 13.5. The van der Waals surface area contributed by atoms with Crippen LogP contribution in [0.4, 0.5) is 0 Å². The smallest absolute Gasteiger partial charge is 0.309 e. The largest absolute Gasteiger partial charge is 0.469 e. The van der Waals surface area contributed by atoms with Crippen molar-refractivity contribution in [2.45, 2.75) is 25.6 Å². The van der Waals surface area contributed by atoms with Gasteiger partial charge in [-0.25, -0.2) is 0 Å². The van der Waals surface area contributed by atoms with Crippen molar-refractivity contribution in [2.24, 2.45) is 0 Å². The number of hydrogen-bond donors (Lipinski definition) is 0. The van der Waals surface area contributed by atoms with Crippen LogP contribution in [-0.2, 0) is 28.3 Å². The van der Waals surface area contributed by atoms with Crippen molar-refractivity contribution in [3.63, 3.8) is 0 Å². The molecule has 3 nitrogen and oxygen atoms in total. The highest BCUT2D eigenvalue weighted by molar-refractivity contribution is 6.17. The van der Waals surface area contributed by atoms with Crippen molar-refractivity contribution >= 4 is 17.6 Å². The van der Waals surface area contributed by atoms with Crippen LogP contribution < -0.4 is 0 Å². The van der Waals surface area contributed by atoms with Crippen LogP contribution in [-0.4, -0.2) is 13.1 Å². The number of alkyl halides is 1. The van der Waals surface area contributed by atoms with E-state index in [0.717, 1.165) is 23.1 Å². The van der Waals surface area contributed by atoms with E-state index in [4.69, 9.17) is 16.9 Å². The van der Waals surface area contributed by atoms with Gasteiger partial charge in [-0.15, -0.1) is 11.6 Å². The van der Waals surface area contributed by atoms with E-state index in [1.54, 1.807) is 12.1 Å². The molecule has 0 saturated heterocycles. The lowest BCUT2D eigenvalue weighted by atomic mass is 9.95. The van der Waals surface area contributed by atoms with Gasteiger partial charge in [-0.2, -0.15) is 5.26 Å². The second-order valence-corrected chi connectivity index (χ2v) is 3.89. The number of hydrogen-bond acceptors (Lipinski definition) is 3. The standard InChI is InChI=1S/C13H14ClNO2/c1-3-10-4-9(8-15)5-11(7-14)12(10)6-13(16)17-2/h4-5H,3,6-7H2,1-2H3. The van der Waals surface area contributed by atoms with Gasteiger partial charge in [0.2, 0.25) is 0 Å². The molecule has 0 heterocycles. The summed E-state index contributed by atoms with van der Waals surface area (Å²) in [5, 5.41) is 8.91. The summed E-state index contributed by atoms with van der Waals surface area (Å²) in [6.07, 6.45) is 0.958. The number of nitriles is 1. The minimum Gasteiger partial charge on any atom is -0.469 e. The molecule has 1 aromatic carbocycles. The number of aryl methyl sites for hydroxylation is 1. The maximum atomic E-state index is 11.3. The van der Waals surface area contributed by atoms with Crippen LogP contribution in [0.3, 0.4) is 0 Å². The Labute approximate surface area is 106 Å². The molecular formula is C13H14ClNO2. The summed E-state index contributed by atoms with van der Waals surface area (Å²) in [6.45, 7) is 1.98. The number of carbonyl (C=O) groups is 1. The van der Waals surface area contributed by atoms with Crippen LogP contribution in [0.25, 0.3) is 0 Å². The van der Waals surface area contributed by atoms with Crippen LogP contribution in [0.1, 0.15) is 29.2 Å². The van der Waals surface area contributed by atoms with Crippen molar-refractivity contribution in [1.82, 2.24) is 0 Å².